The van der Waals surface area contributed by atoms with E-state index in [1.54, 1.807) is 6.07 Å². The van der Waals surface area contributed by atoms with E-state index in [0.717, 1.165) is 16.6 Å². The van der Waals surface area contributed by atoms with Crippen LogP contribution in [-0.2, 0) is 0 Å². The van der Waals surface area contributed by atoms with Gasteiger partial charge in [-0.25, -0.2) is 4.98 Å². The van der Waals surface area contributed by atoms with Crippen LogP contribution in [0.4, 0.5) is 0 Å². The average Bonchev–Trinajstić information content (AvgIpc) is 2.60. The molecule has 0 saturated carbocycles. The van der Waals surface area contributed by atoms with Crippen molar-refractivity contribution in [2.75, 3.05) is 0 Å². The third-order valence-electron chi connectivity index (χ3n) is 2.82. The van der Waals surface area contributed by atoms with Gasteiger partial charge in [0.25, 0.3) is 5.56 Å². The van der Waals surface area contributed by atoms with E-state index in [1.165, 1.54) is 6.33 Å². The predicted molar refractivity (Wildman–Crippen MR) is 71.2 cm³/mol. The van der Waals surface area contributed by atoms with E-state index in [1.807, 2.05) is 48.5 Å². The Balaban J connectivity index is 2.45. The second-order valence-corrected chi connectivity index (χ2v) is 3.94. The second-order valence-electron chi connectivity index (χ2n) is 3.94. The van der Waals surface area contributed by atoms with Crippen molar-refractivity contribution in [3.8, 4) is 11.3 Å². The van der Waals surface area contributed by atoms with Crippen LogP contribution in [-0.4, -0.2) is 9.97 Å². The summed E-state index contributed by atoms with van der Waals surface area (Å²) in [5.74, 6) is 0. The van der Waals surface area contributed by atoms with Crippen LogP contribution < -0.4 is 5.56 Å². The lowest BCUT2D eigenvalue weighted by Crippen LogP contribution is -2.00. The van der Waals surface area contributed by atoms with Gasteiger partial charge in [-0.3, -0.25) is 4.79 Å². The Labute approximate surface area is 104 Å². The van der Waals surface area contributed by atoms with Crippen LogP contribution in [0.3, 0.4) is 0 Å². The Bertz CT molecular complexity index is 754. The molecule has 3 aromatic rings. The molecule has 3 heteroatoms. The van der Waals surface area contributed by atoms with Gasteiger partial charge in [-0.05, 0) is 6.07 Å². The summed E-state index contributed by atoms with van der Waals surface area (Å²) >= 11 is 0. The summed E-state index contributed by atoms with van der Waals surface area (Å²) in [5, 5.41) is 1.42. The molecule has 0 unspecified atom stereocenters. The molecular weight excluding hydrogens is 224 g/mol. The van der Waals surface area contributed by atoms with Crippen LogP contribution in [0.5, 0.6) is 0 Å². The molecule has 0 aliphatic rings. The van der Waals surface area contributed by atoms with Crippen molar-refractivity contribution in [2.24, 2.45) is 0 Å². The Hall–Kier alpha value is -2.55. The lowest BCUT2D eigenvalue weighted by molar-refractivity contribution is 1.19. The standard InChI is InChI=1S/C15H10N2O/c18-15-13-9-5-4-8-12(13)14(16-10-17-15)11-6-2-1-3-7-11/h1-10H. The molecule has 3 nitrogen and oxygen atoms in total. The van der Waals surface area contributed by atoms with Crippen molar-refractivity contribution in [2.45, 2.75) is 0 Å². The molecule has 0 bridgehead atoms. The first-order valence-electron chi connectivity index (χ1n) is 5.66. The van der Waals surface area contributed by atoms with Gasteiger partial charge < -0.3 is 0 Å². The zero-order valence-corrected chi connectivity index (χ0v) is 9.58. The maximum atomic E-state index is 11.8. The van der Waals surface area contributed by atoms with E-state index >= 15 is 0 Å². The van der Waals surface area contributed by atoms with Crippen molar-refractivity contribution in [1.82, 2.24) is 9.97 Å². The number of hydrogen-bond donors (Lipinski definition) is 0. The quantitative estimate of drug-likeness (QED) is 0.650. The average molecular weight is 234 g/mol. The molecule has 0 amide bonds. The zero-order chi connectivity index (χ0) is 12.4. The van der Waals surface area contributed by atoms with E-state index in [4.69, 9.17) is 0 Å². The summed E-state index contributed by atoms with van der Waals surface area (Å²) in [6.07, 6.45) is 1.32. The van der Waals surface area contributed by atoms with E-state index in [2.05, 4.69) is 9.97 Å². The highest BCUT2D eigenvalue weighted by Crippen LogP contribution is 2.23. The normalized spacial score (nSPS) is 10.4. The van der Waals surface area contributed by atoms with Gasteiger partial charge in [0.05, 0.1) is 11.1 Å². The lowest BCUT2D eigenvalue weighted by atomic mass is 10.1. The third-order valence-corrected chi connectivity index (χ3v) is 2.82. The molecule has 0 radical (unpaired) electrons. The monoisotopic (exact) mass is 234 g/mol. The lowest BCUT2D eigenvalue weighted by Gasteiger charge is -2.00. The summed E-state index contributed by atoms with van der Waals surface area (Å²) in [4.78, 5) is 19.9. The van der Waals surface area contributed by atoms with E-state index in [9.17, 15) is 4.79 Å². The minimum absolute atomic E-state index is 0.250. The molecule has 0 spiro atoms. The molecule has 0 aliphatic carbocycles. The van der Waals surface area contributed by atoms with Gasteiger partial charge in [0.15, 0.2) is 0 Å². The Morgan fingerprint density at radius 2 is 1.39 bits per heavy atom. The van der Waals surface area contributed by atoms with Gasteiger partial charge in [0, 0.05) is 10.9 Å². The first-order valence-corrected chi connectivity index (χ1v) is 5.66. The fraction of sp³-hybridized carbons (Fsp3) is 0. The van der Waals surface area contributed by atoms with Crippen molar-refractivity contribution < 1.29 is 0 Å². The van der Waals surface area contributed by atoms with Crippen LogP contribution in [0.25, 0.3) is 22.0 Å². The fourth-order valence-electron chi connectivity index (χ4n) is 1.98. The first-order chi connectivity index (χ1) is 8.86. The molecule has 3 rings (SSSR count). The summed E-state index contributed by atoms with van der Waals surface area (Å²) in [6, 6.07) is 17.2. The Morgan fingerprint density at radius 3 is 2.17 bits per heavy atom. The summed E-state index contributed by atoms with van der Waals surface area (Å²) in [5.41, 5.74) is 1.51. The first kappa shape index (κ1) is 10.6. The van der Waals surface area contributed by atoms with Crippen molar-refractivity contribution in [3.05, 3.63) is 71.3 Å². The summed E-state index contributed by atoms with van der Waals surface area (Å²) in [7, 11) is 0. The molecule has 0 atom stereocenters. The molecule has 1 heterocycles. The number of rotatable bonds is 1. The van der Waals surface area contributed by atoms with Crippen molar-refractivity contribution in [1.29, 1.82) is 0 Å². The fourth-order valence-corrected chi connectivity index (χ4v) is 1.98. The number of nitrogens with zero attached hydrogens (tertiary/aromatic N) is 2. The Morgan fingerprint density at radius 1 is 0.722 bits per heavy atom. The minimum Gasteiger partial charge on any atom is -0.267 e. The smallest absolute Gasteiger partial charge is 0.267 e. The van der Waals surface area contributed by atoms with Crippen LogP contribution in [0, 0.1) is 0 Å². The van der Waals surface area contributed by atoms with Gasteiger partial charge in [0.2, 0.25) is 0 Å². The summed E-state index contributed by atoms with van der Waals surface area (Å²) in [6.45, 7) is 0. The van der Waals surface area contributed by atoms with Gasteiger partial charge in [0.1, 0.15) is 6.33 Å². The highest BCUT2D eigenvalue weighted by atomic mass is 16.1. The molecule has 1 aromatic heterocycles. The number of hydrogen-bond acceptors (Lipinski definition) is 3. The molecule has 0 fully saturated rings. The van der Waals surface area contributed by atoms with E-state index in [-0.39, 0.29) is 5.56 Å². The molecule has 0 N–H and O–H groups in total. The molecule has 2 aromatic carbocycles. The summed E-state index contributed by atoms with van der Waals surface area (Å²) < 4.78 is 0. The van der Waals surface area contributed by atoms with Gasteiger partial charge in [-0.2, -0.15) is 4.98 Å². The van der Waals surface area contributed by atoms with Gasteiger partial charge in [-0.1, -0.05) is 48.5 Å². The number of fused-ring (bicyclic) bond motifs is 1. The van der Waals surface area contributed by atoms with E-state index < -0.39 is 0 Å². The molecule has 0 saturated heterocycles. The van der Waals surface area contributed by atoms with Crippen molar-refractivity contribution >= 4 is 10.8 Å². The SMILES string of the molecule is O=c1ncnc(-c2ccccc2)c2ccccc12. The highest BCUT2D eigenvalue weighted by Gasteiger charge is 2.05. The largest absolute Gasteiger partial charge is 0.279 e. The van der Waals surface area contributed by atoms with Crippen LogP contribution >= 0.6 is 0 Å². The topological polar surface area (TPSA) is 42.9 Å². The van der Waals surface area contributed by atoms with E-state index in [0.29, 0.717) is 5.39 Å². The van der Waals surface area contributed by atoms with Crippen molar-refractivity contribution in [3.63, 3.8) is 0 Å². The van der Waals surface area contributed by atoms with Gasteiger partial charge >= 0.3 is 0 Å². The maximum absolute atomic E-state index is 11.8. The zero-order valence-electron chi connectivity index (χ0n) is 9.58. The minimum atomic E-state index is -0.250. The van der Waals surface area contributed by atoms with Crippen LogP contribution in [0.1, 0.15) is 0 Å². The maximum Gasteiger partial charge on any atom is 0.279 e. The molecule has 0 aliphatic heterocycles. The second kappa shape index (κ2) is 4.37. The molecule has 18 heavy (non-hydrogen) atoms. The van der Waals surface area contributed by atoms with Crippen LogP contribution in [0.2, 0.25) is 0 Å². The molecule has 86 valence electrons. The van der Waals surface area contributed by atoms with Crippen LogP contribution in [0.15, 0.2) is 65.7 Å². The van der Waals surface area contributed by atoms with Gasteiger partial charge in [-0.15, -0.1) is 0 Å². The molecular formula is C15H10N2O. The number of benzene rings is 2. The number of aromatic nitrogens is 2. The third kappa shape index (κ3) is 1.76. The highest BCUT2D eigenvalue weighted by molar-refractivity contribution is 5.93. The predicted octanol–water partition coefficient (Wildman–Crippen LogP) is 2.66. The Kier molecular flexibility index (Phi) is 2.57.